The first-order chi connectivity index (χ1) is 16.0. The zero-order chi connectivity index (χ0) is 23.6. The third-order valence-corrected chi connectivity index (χ3v) is 4.63. The highest BCUT2D eigenvalue weighted by Gasteiger charge is 2.17. The standard InChI is InChI=1S/C26H28N2O5/c1-4-31-23-16-22(28-26(30)19-9-7-6-8-10-19)24(32-5-2)15-21(23)27-25(29)17-33-20-13-11-18(3)12-14-20/h6-16H,4-5,17H2,1-3H3,(H,27,29)(H,28,30). The van der Waals surface area contributed by atoms with Crippen LogP contribution < -0.4 is 24.8 Å². The van der Waals surface area contributed by atoms with Crippen LogP contribution in [0.2, 0.25) is 0 Å². The lowest BCUT2D eigenvalue weighted by molar-refractivity contribution is -0.118. The number of nitrogens with one attached hydrogen (secondary N) is 2. The molecule has 0 heterocycles. The highest BCUT2D eigenvalue weighted by atomic mass is 16.5. The molecule has 0 aliphatic rings. The fraction of sp³-hybridized carbons (Fsp3) is 0.231. The van der Waals surface area contributed by atoms with Gasteiger partial charge in [-0.1, -0.05) is 35.9 Å². The van der Waals surface area contributed by atoms with E-state index in [0.717, 1.165) is 5.56 Å². The summed E-state index contributed by atoms with van der Waals surface area (Å²) < 4.78 is 17.0. The summed E-state index contributed by atoms with van der Waals surface area (Å²) >= 11 is 0. The average molecular weight is 449 g/mol. The molecule has 3 aromatic carbocycles. The van der Waals surface area contributed by atoms with Crippen LogP contribution in [-0.2, 0) is 4.79 Å². The molecular formula is C26H28N2O5. The molecule has 172 valence electrons. The first-order valence-electron chi connectivity index (χ1n) is 10.8. The van der Waals surface area contributed by atoms with E-state index in [9.17, 15) is 9.59 Å². The van der Waals surface area contributed by atoms with Crippen molar-refractivity contribution < 1.29 is 23.8 Å². The normalized spacial score (nSPS) is 10.3. The molecule has 3 aromatic rings. The molecule has 2 N–H and O–H groups in total. The fourth-order valence-corrected chi connectivity index (χ4v) is 3.06. The van der Waals surface area contributed by atoms with Gasteiger partial charge >= 0.3 is 0 Å². The minimum absolute atomic E-state index is 0.162. The number of hydrogen-bond acceptors (Lipinski definition) is 5. The number of anilines is 2. The van der Waals surface area contributed by atoms with Crippen molar-refractivity contribution in [3.63, 3.8) is 0 Å². The molecular weight excluding hydrogens is 420 g/mol. The van der Waals surface area contributed by atoms with Gasteiger partial charge in [-0.05, 0) is 45.0 Å². The van der Waals surface area contributed by atoms with Crippen molar-refractivity contribution in [1.82, 2.24) is 0 Å². The Kier molecular flexibility index (Phi) is 8.30. The molecule has 7 heteroatoms. The second-order valence-electron chi connectivity index (χ2n) is 7.18. The van der Waals surface area contributed by atoms with Crippen molar-refractivity contribution in [2.45, 2.75) is 20.8 Å². The Balaban J connectivity index is 1.78. The Labute approximate surface area is 193 Å². The number of rotatable bonds is 10. The van der Waals surface area contributed by atoms with E-state index >= 15 is 0 Å². The summed E-state index contributed by atoms with van der Waals surface area (Å²) in [5.74, 6) is 0.810. The predicted molar refractivity (Wildman–Crippen MR) is 128 cm³/mol. The summed E-state index contributed by atoms with van der Waals surface area (Å²) in [5, 5.41) is 5.67. The number of benzene rings is 3. The van der Waals surface area contributed by atoms with Crippen LogP contribution in [0.3, 0.4) is 0 Å². The summed E-state index contributed by atoms with van der Waals surface area (Å²) in [6, 6.07) is 19.6. The monoisotopic (exact) mass is 448 g/mol. The highest BCUT2D eigenvalue weighted by Crippen LogP contribution is 2.37. The Morgan fingerprint density at radius 1 is 0.758 bits per heavy atom. The largest absolute Gasteiger partial charge is 0.492 e. The Morgan fingerprint density at radius 3 is 1.91 bits per heavy atom. The number of hydrogen-bond donors (Lipinski definition) is 2. The molecule has 0 unspecified atom stereocenters. The Hall–Kier alpha value is -4.00. The topological polar surface area (TPSA) is 85.9 Å². The van der Waals surface area contributed by atoms with Crippen LogP contribution >= 0.6 is 0 Å². The molecule has 0 aliphatic carbocycles. The van der Waals surface area contributed by atoms with Gasteiger partial charge in [-0.15, -0.1) is 0 Å². The first kappa shape index (κ1) is 23.7. The molecule has 33 heavy (non-hydrogen) atoms. The summed E-state index contributed by atoms with van der Waals surface area (Å²) in [6.07, 6.45) is 0. The molecule has 0 spiro atoms. The molecule has 2 amide bonds. The third-order valence-electron chi connectivity index (χ3n) is 4.63. The van der Waals surface area contributed by atoms with Gasteiger partial charge in [0.15, 0.2) is 6.61 Å². The smallest absolute Gasteiger partial charge is 0.262 e. The lowest BCUT2D eigenvalue weighted by atomic mass is 10.2. The minimum Gasteiger partial charge on any atom is -0.492 e. The quantitative estimate of drug-likeness (QED) is 0.453. The van der Waals surface area contributed by atoms with Gasteiger partial charge in [-0.2, -0.15) is 0 Å². The number of amides is 2. The summed E-state index contributed by atoms with van der Waals surface area (Å²) in [6.45, 7) is 6.26. The predicted octanol–water partition coefficient (Wildman–Crippen LogP) is 5.06. The second kappa shape index (κ2) is 11.6. The van der Waals surface area contributed by atoms with Gasteiger partial charge in [0.2, 0.25) is 0 Å². The SMILES string of the molecule is CCOc1cc(NC(=O)c2ccccc2)c(OCC)cc1NC(=O)COc1ccc(C)cc1. The molecule has 0 fully saturated rings. The van der Waals surface area contributed by atoms with E-state index in [1.807, 2.05) is 51.1 Å². The van der Waals surface area contributed by atoms with Crippen molar-refractivity contribution in [3.8, 4) is 17.2 Å². The average Bonchev–Trinajstić information content (AvgIpc) is 2.82. The molecule has 0 radical (unpaired) electrons. The van der Waals surface area contributed by atoms with Gasteiger partial charge in [0.25, 0.3) is 11.8 Å². The lowest BCUT2D eigenvalue weighted by Crippen LogP contribution is -2.21. The van der Waals surface area contributed by atoms with Crippen molar-refractivity contribution >= 4 is 23.2 Å². The van der Waals surface area contributed by atoms with Crippen LogP contribution in [0.15, 0.2) is 66.7 Å². The van der Waals surface area contributed by atoms with Crippen LogP contribution in [0.25, 0.3) is 0 Å². The van der Waals surface area contributed by atoms with Crippen molar-refractivity contribution in [2.75, 3.05) is 30.5 Å². The summed E-state index contributed by atoms with van der Waals surface area (Å²) in [4.78, 5) is 25.2. The molecule has 0 bridgehead atoms. The maximum absolute atomic E-state index is 12.6. The minimum atomic E-state index is -0.347. The lowest BCUT2D eigenvalue weighted by Gasteiger charge is -2.18. The number of carbonyl (C=O) groups is 2. The van der Waals surface area contributed by atoms with Gasteiger partial charge < -0.3 is 24.8 Å². The third kappa shape index (κ3) is 6.74. The molecule has 0 aliphatic heterocycles. The maximum atomic E-state index is 12.6. The highest BCUT2D eigenvalue weighted by molar-refractivity contribution is 6.05. The molecule has 3 rings (SSSR count). The zero-order valence-corrected chi connectivity index (χ0v) is 19.0. The van der Waals surface area contributed by atoms with Gasteiger partial charge in [0, 0.05) is 17.7 Å². The number of ether oxygens (including phenoxy) is 3. The van der Waals surface area contributed by atoms with Gasteiger partial charge in [0.05, 0.1) is 24.6 Å². The van der Waals surface area contributed by atoms with E-state index in [0.29, 0.717) is 47.4 Å². The summed E-state index contributed by atoms with van der Waals surface area (Å²) in [5.41, 5.74) is 2.50. The Morgan fingerprint density at radius 2 is 1.33 bits per heavy atom. The van der Waals surface area contributed by atoms with Crippen molar-refractivity contribution in [3.05, 3.63) is 77.9 Å². The zero-order valence-electron chi connectivity index (χ0n) is 19.0. The Bertz CT molecular complexity index is 1080. The van der Waals surface area contributed by atoms with Crippen LogP contribution in [0, 0.1) is 6.92 Å². The number of aryl methyl sites for hydroxylation is 1. The van der Waals surface area contributed by atoms with E-state index in [2.05, 4.69) is 10.6 Å². The second-order valence-corrected chi connectivity index (χ2v) is 7.18. The molecule has 7 nitrogen and oxygen atoms in total. The van der Waals surface area contributed by atoms with E-state index in [4.69, 9.17) is 14.2 Å². The van der Waals surface area contributed by atoms with E-state index in [-0.39, 0.29) is 18.4 Å². The summed E-state index contributed by atoms with van der Waals surface area (Å²) in [7, 11) is 0. The molecule has 0 saturated carbocycles. The molecule has 0 aromatic heterocycles. The molecule has 0 atom stereocenters. The number of carbonyl (C=O) groups excluding carboxylic acids is 2. The van der Waals surface area contributed by atoms with Crippen LogP contribution in [0.4, 0.5) is 11.4 Å². The van der Waals surface area contributed by atoms with Crippen molar-refractivity contribution in [2.24, 2.45) is 0 Å². The van der Waals surface area contributed by atoms with E-state index < -0.39 is 0 Å². The molecule has 0 saturated heterocycles. The van der Waals surface area contributed by atoms with Crippen molar-refractivity contribution in [1.29, 1.82) is 0 Å². The first-order valence-corrected chi connectivity index (χ1v) is 10.8. The maximum Gasteiger partial charge on any atom is 0.262 e. The van der Waals surface area contributed by atoms with Crippen LogP contribution in [0.5, 0.6) is 17.2 Å². The van der Waals surface area contributed by atoms with Gasteiger partial charge in [0.1, 0.15) is 17.2 Å². The fourth-order valence-electron chi connectivity index (χ4n) is 3.06. The van der Waals surface area contributed by atoms with Crippen LogP contribution in [-0.4, -0.2) is 31.6 Å². The van der Waals surface area contributed by atoms with E-state index in [1.54, 1.807) is 36.4 Å². The van der Waals surface area contributed by atoms with Gasteiger partial charge in [-0.25, -0.2) is 0 Å². The van der Waals surface area contributed by atoms with Crippen LogP contribution in [0.1, 0.15) is 29.8 Å². The van der Waals surface area contributed by atoms with E-state index in [1.165, 1.54) is 0 Å². The van der Waals surface area contributed by atoms with Gasteiger partial charge in [-0.3, -0.25) is 9.59 Å².